The lowest BCUT2D eigenvalue weighted by molar-refractivity contribution is 0.182. The maximum absolute atomic E-state index is 5.97. The molecule has 3 nitrogen and oxygen atoms in total. The molecule has 2 aliphatic rings. The molecule has 2 aromatic rings. The van der Waals surface area contributed by atoms with Gasteiger partial charge in [-0.2, -0.15) is 0 Å². The topological polar surface area (TPSA) is 28.4 Å². The van der Waals surface area contributed by atoms with Crippen molar-refractivity contribution in [3.05, 3.63) is 36.1 Å². The van der Waals surface area contributed by atoms with Crippen LogP contribution in [0.1, 0.15) is 44.4 Å². The Hall–Kier alpha value is -1.32. The van der Waals surface area contributed by atoms with Gasteiger partial charge in [-0.3, -0.25) is 0 Å². The number of likely N-dealkylation sites (tertiary alicyclic amines) is 1. The molecule has 1 unspecified atom stereocenters. The number of furan rings is 1. The molecule has 3 heteroatoms. The molecule has 112 valence electrons. The molecule has 1 aromatic heterocycles. The van der Waals surface area contributed by atoms with Crippen molar-refractivity contribution < 1.29 is 4.42 Å². The first kappa shape index (κ1) is 13.4. The van der Waals surface area contributed by atoms with Gasteiger partial charge in [-0.05, 0) is 57.8 Å². The van der Waals surface area contributed by atoms with Gasteiger partial charge < -0.3 is 14.6 Å². The number of hydrogen-bond acceptors (Lipinski definition) is 3. The average Bonchev–Trinajstić information content (AvgIpc) is 3.26. The predicted octanol–water partition coefficient (Wildman–Crippen LogP) is 3.71. The molecular formula is C18H24N2O. The third-order valence-electron chi connectivity index (χ3n) is 4.95. The van der Waals surface area contributed by atoms with Gasteiger partial charge in [-0.15, -0.1) is 0 Å². The van der Waals surface area contributed by atoms with Crippen LogP contribution in [0.5, 0.6) is 0 Å². The van der Waals surface area contributed by atoms with E-state index in [0.717, 1.165) is 17.4 Å². The van der Waals surface area contributed by atoms with Crippen molar-refractivity contribution in [1.82, 2.24) is 10.2 Å². The van der Waals surface area contributed by atoms with Gasteiger partial charge in [0.05, 0.1) is 6.04 Å². The second kappa shape index (κ2) is 5.47. The van der Waals surface area contributed by atoms with E-state index >= 15 is 0 Å². The zero-order chi connectivity index (χ0) is 14.2. The minimum absolute atomic E-state index is 0.287. The first-order chi connectivity index (χ1) is 10.3. The van der Waals surface area contributed by atoms with Gasteiger partial charge in [0, 0.05) is 17.5 Å². The van der Waals surface area contributed by atoms with Crippen LogP contribution in [0.25, 0.3) is 11.0 Å². The summed E-state index contributed by atoms with van der Waals surface area (Å²) in [5.41, 5.74) is 0.990. The highest BCUT2D eigenvalue weighted by atomic mass is 16.3. The third kappa shape index (κ3) is 2.85. The summed E-state index contributed by atoms with van der Waals surface area (Å²) in [5.74, 6) is 1.06. The fourth-order valence-corrected chi connectivity index (χ4v) is 3.52. The van der Waals surface area contributed by atoms with Crippen LogP contribution in [0.3, 0.4) is 0 Å². The van der Waals surface area contributed by atoms with Crippen LogP contribution in [0, 0.1) is 0 Å². The van der Waals surface area contributed by atoms with Crippen LogP contribution < -0.4 is 5.32 Å². The van der Waals surface area contributed by atoms with Gasteiger partial charge in [-0.1, -0.05) is 18.2 Å². The number of benzene rings is 1. The molecule has 0 amide bonds. The van der Waals surface area contributed by atoms with E-state index in [4.69, 9.17) is 4.42 Å². The molecule has 0 bridgehead atoms. The molecule has 2 heterocycles. The van der Waals surface area contributed by atoms with Crippen LogP contribution in [0.4, 0.5) is 0 Å². The van der Waals surface area contributed by atoms with Gasteiger partial charge in [0.15, 0.2) is 0 Å². The van der Waals surface area contributed by atoms with E-state index < -0.39 is 0 Å². The number of para-hydroxylation sites is 1. The van der Waals surface area contributed by atoms with Crippen molar-refractivity contribution in [3.8, 4) is 0 Å². The first-order valence-electron chi connectivity index (χ1n) is 8.28. The minimum atomic E-state index is 0.287. The predicted molar refractivity (Wildman–Crippen MR) is 85.4 cm³/mol. The number of nitrogens with one attached hydrogen (secondary N) is 1. The number of fused-ring (bicyclic) bond motifs is 1. The van der Waals surface area contributed by atoms with Gasteiger partial charge in [0.25, 0.3) is 0 Å². The zero-order valence-corrected chi connectivity index (χ0v) is 12.7. The summed E-state index contributed by atoms with van der Waals surface area (Å²) in [7, 11) is 0. The van der Waals surface area contributed by atoms with Crippen LogP contribution in [0.2, 0.25) is 0 Å². The molecule has 1 saturated heterocycles. The summed E-state index contributed by atoms with van der Waals surface area (Å²) in [6.45, 7) is 4.73. The number of hydrogen-bond donors (Lipinski definition) is 1. The van der Waals surface area contributed by atoms with Crippen molar-refractivity contribution in [2.24, 2.45) is 0 Å². The molecule has 4 rings (SSSR count). The standard InChI is InChI=1S/C18H24N2O/c1-13(18-12-14-4-2-3-5-17(14)21-18)19-15-8-10-20(11-9-15)16-6-7-16/h2-5,12-13,15-16,19H,6-11H2,1H3. The second-order valence-electron chi connectivity index (χ2n) is 6.62. The molecule has 1 saturated carbocycles. The lowest BCUT2D eigenvalue weighted by Gasteiger charge is -2.33. The van der Waals surface area contributed by atoms with Crippen molar-refractivity contribution in [3.63, 3.8) is 0 Å². The number of piperidine rings is 1. The maximum atomic E-state index is 5.97. The average molecular weight is 284 g/mol. The van der Waals surface area contributed by atoms with Gasteiger partial charge in [0.1, 0.15) is 11.3 Å². The Bertz CT molecular complexity index is 575. The third-order valence-corrected chi connectivity index (χ3v) is 4.95. The fourth-order valence-electron chi connectivity index (χ4n) is 3.52. The van der Waals surface area contributed by atoms with Crippen LogP contribution in [-0.4, -0.2) is 30.1 Å². The molecule has 0 radical (unpaired) electrons. The largest absolute Gasteiger partial charge is 0.459 e. The molecule has 1 aromatic carbocycles. The summed E-state index contributed by atoms with van der Waals surface area (Å²) in [6, 6.07) is 12.3. The molecule has 1 aliphatic heterocycles. The van der Waals surface area contributed by atoms with Crippen molar-refractivity contribution in [1.29, 1.82) is 0 Å². The molecule has 1 N–H and O–H groups in total. The maximum Gasteiger partial charge on any atom is 0.134 e. The highest BCUT2D eigenvalue weighted by molar-refractivity contribution is 5.77. The molecule has 21 heavy (non-hydrogen) atoms. The van der Waals surface area contributed by atoms with Gasteiger partial charge >= 0.3 is 0 Å². The van der Waals surface area contributed by atoms with Gasteiger partial charge in [-0.25, -0.2) is 0 Å². The Kier molecular flexibility index (Phi) is 3.48. The molecule has 0 spiro atoms. The second-order valence-corrected chi connectivity index (χ2v) is 6.62. The molecule has 1 atom stereocenters. The normalized spacial score (nSPS) is 22.7. The first-order valence-corrected chi connectivity index (χ1v) is 8.28. The van der Waals surface area contributed by atoms with E-state index in [9.17, 15) is 0 Å². The smallest absolute Gasteiger partial charge is 0.134 e. The quantitative estimate of drug-likeness (QED) is 0.927. The summed E-state index contributed by atoms with van der Waals surface area (Å²) in [6.07, 6.45) is 5.38. The molecule has 1 aliphatic carbocycles. The SMILES string of the molecule is CC(NC1CCN(C2CC2)CC1)c1cc2ccccc2o1. The fraction of sp³-hybridized carbons (Fsp3) is 0.556. The van der Waals surface area contributed by atoms with Gasteiger partial charge in [0.2, 0.25) is 0 Å². The molecular weight excluding hydrogens is 260 g/mol. The van der Waals surface area contributed by atoms with Crippen LogP contribution in [0.15, 0.2) is 34.7 Å². The summed E-state index contributed by atoms with van der Waals surface area (Å²) in [5, 5.41) is 4.95. The van der Waals surface area contributed by atoms with Crippen molar-refractivity contribution in [2.45, 2.75) is 50.7 Å². The van der Waals surface area contributed by atoms with Crippen LogP contribution in [-0.2, 0) is 0 Å². The van der Waals surface area contributed by atoms with Crippen LogP contribution >= 0.6 is 0 Å². The van der Waals surface area contributed by atoms with E-state index in [-0.39, 0.29) is 6.04 Å². The summed E-state index contributed by atoms with van der Waals surface area (Å²) >= 11 is 0. The Morgan fingerprint density at radius 1 is 1.14 bits per heavy atom. The van der Waals surface area contributed by atoms with E-state index in [1.807, 2.05) is 12.1 Å². The monoisotopic (exact) mass is 284 g/mol. The Morgan fingerprint density at radius 2 is 1.90 bits per heavy atom. The Balaban J connectivity index is 1.37. The van der Waals surface area contributed by atoms with E-state index in [1.165, 1.54) is 44.2 Å². The Labute approximate surface area is 126 Å². The number of rotatable bonds is 4. The Morgan fingerprint density at radius 3 is 2.62 bits per heavy atom. The lowest BCUT2D eigenvalue weighted by atomic mass is 10.0. The highest BCUT2D eigenvalue weighted by Gasteiger charge is 2.32. The summed E-state index contributed by atoms with van der Waals surface area (Å²) < 4.78 is 5.97. The zero-order valence-electron chi connectivity index (χ0n) is 12.7. The minimum Gasteiger partial charge on any atom is -0.459 e. The highest BCUT2D eigenvalue weighted by Crippen LogP contribution is 2.30. The van der Waals surface area contributed by atoms with E-state index in [1.54, 1.807) is 0 Å². The van der Waals surface area contributed by atoms with E-state index in [0.29, 0.717) is 6.04 Å². The number of nitrogens with zero attached hydrogens (tertiary/aromatic N) is 1. The summed E-state index contributed by atoms with van der Waals surface area (Å²) in [4.78, 5) is 2.67. The molecule has 2 fully saturated rings. The van der Waals surface area contributed by atoms with Crippen molar-refractivity contribution in [2.75, 3.05) is 13.1 Å². The van der Waals surface area contributed by atoms with Crippen molar-refractivity contribution >= 4 is 11.0 Å². The van der Waals surface area contributed by atoms with E-state index in [2.05, 4.69) is 35.3 Å². The lowest BCUT2D eigenvalue weighted by Crippen LogP contribution is -2.43.